The molecule has 3 heterocycles. The first-order chi connectivity index (χ1) is 13.2. The van der Waals surface area contributed by atoms with Crippen LogP contribution in [0.3, 0.4) is 0 Å². The molecule has 2 fully saturated rings. The summed E-state index contributed by atoms with van der Waals surface area (Å²) in [4.78, 5) is 29.8. The van der Waals surface area contributed by atoms with Crippen molar-refractivity contribution in [2.45, 2.75) is 44.9 Å². The summed E-state index contributed by atoms with van der Waals surface area (Å²) in [5, 5.41) is 0. The quantitative estimate of drug-likeness (QED) is 0.804. The number of amides is 2. The zero-order valence-electron chi connectivity index (χ0n) is 16.1. The predicted octanol–water partition coefficient (Wildman–Crippen LogP) is 2.88. The molecule has 1 aromatic rings. The van der Waals surface area contributed by atoms with Crippen LogP contribution < -0.4 is 4.74 Å². The Kier molecular flexibility index (Phi) is 5.65. The number of fused-ring (bicyclic) bond motifs is 1. The number of likely N-dealkylation sites (tertiary alicyclic amines) is 2. The van der Waals surface area contributed by atoms with E-state index in [1.165, 1.54) is 12.8 Å². The number of carbonyl (C=O) groups excluding carboxylic acids is 2. The summed E-state index contributed by atoms with van der Waals surface area (Å²) < 4.78 is 5.79. The van der Waals surface area contributed by atoms with Gasteiger partial charge < -0.3 is 14.5 Å². The van der Waals surface area contributed by atoms with E-state index in [9.17, 15) is 9.59 Å². The number of nitrogens with zero attached hydrogens (tertiary/aromatic N) is 2. The van der Waals surface area contributed by atoms with Crippen LogP contribution in [-0.2, 0) is 16.0 Å². The average molecular weight is 370 g/mol. The normalized spacial score (nSPS) is 23.9. The van der Waals surface area contributed by atoms with E-state index in [0.717, 1.165) is 56.5 Å². The van der Waals surface area contributed by atoms with E-state index in [4.69, 9.17) is 4.74 Å². The van der Waals surface area contributed by atoms with Gasteiger partial charge in [-0.3, -0.25) is 9.59 Å². The maximum Gasteiger partial charge on any atom is 0.229 e. The summed E-state index contributed by atoms with van der Waals surface area (Å²) in [6.07, 6.45) is 7.09. The molecule has 2 saturated heterocycles. The zero-order valence-corrected chi connectivity index (χ0v) is 16.1. The molecule has 0 spiro atoms. The molecule has 0 aromatic heterocycles. The molecule has 0 saturated carbocycles. The van der Waals surface area contributed by atoms with Crippen molar-refractivity contribution in [1.29, 1.82) is 0 Å². The van der Waals surface area contributed by atoms with Gasteiger partial charge in [0.2, 0.25) is 11.8 Å². The van der Waals surface area contributed by atoms with Gasteiger partial charge in [-0.1, -0.05) is 31.0 Å². The highest BCUT2D eigenvalue weighted by atomic mass is 16.5. The van der Waals surface area contributed by atoms with Gasteiger partial charge >= 0.3 is 0 Å². The third-order valence-corrected chi connectivity index (χ3v) is 6.30. The van der Waals surface area contributed by atoms with Crippen molar-refractivity contribution >= 4 is 11.8 Å². The Labute approximate surface area is 161 Å². The Morgan fingerprint density at radius 3 is 2.19 bits per heavy atom. The van der Waals surface area contributed by atoms with Crippen molar-refractivity contribution < 1.29 is 14.3 Å². The van der Waals surface area contributed by atoms with E-state index in [0.29, 0.717) is 25.6 Å². The zero-order chi connectivity index (χ0) is 18.6. The van der Waals surface area contributed by atoms with Gasteiger partial charge in [0, 0.05) is 32.1 Å². The third kappa shape index (κ3) is 4.12. The van der Waals surface area contributed by atoms with Crippen LogP contribution >= 0.6 is 0 Å². The van der Waals surface area contributed by atoms with E-state index >= 15 is 0 Å². The van der Waals surface area contributed by atoms with E-state index in [-0.39, 0.29) is 17.7 Å². The van der Waals surface area contributed by atoms with Gasteiger partial charge in [0.15, 0.2) is 0 Å². The topological polar surface area (TPSA) is 49.9 Å². The predicted molar refractivity (Wildman–Crippen MR) is 103 cm³/mol. The van der Waals surface area contributed by atoms with E-state index in [1.54, 1.807) is 0 Å². The molecular weight excluding hydrogens is 340 g/mol. The minimum absolute atomic E-state index is 0.0930. The molecule has 0 radical (unpaired) electrons. The summed E-state index contributed by atoms with van der Waals surface area (Å²) in [7, 11) is 0. The lowest BCUT2D eigenvalue weighted by Crippen LogP contribution is -2.47. The molecule has 4 rings (SSSR count). The molecule has 1 atom stereocenters. The van der Waals surface area contributed by atoms with Crippen molar-refractivity contribution in [3.63, 3.8) is 0 Å². The molecule has 3 aliphatic rings. The average Bonchev–Trinajstić information content (AvgIpc) is 3.02. The molecule has 0 aliphatic carbocycles. The molecule has 146 valence electrons. The molecule has 3 aliphatic heterocycles. The van der Waals surface area contributed by atoms with Crippen LogP contribution in [0, 0.1) is 11.8 Å². The Bertz CT molecular complexity index is 674. The number of hydrogen-bond acceptors (Lipinski definition) is 3. The van der Waals surface area contributed by atoms with Crippen LogP contribution in [0.15, 0.2) is 24.3 Å². The fourth-order valence-corrected chi connectivity index (χ4v) is 4.64. The lowest BCUT2D eigenvalue weighted by molar-refractivity contribution is -0.143. The van der Waals surface area contributed by atoms with Crippen LogP contribution in [0.25, 0.3) is 0 Å². The first kappa shape index (κ1) is 18.3. The van der Waals surface area contributed by atoms with Crippen LogP contribution in [0.1, 0.15) is 44.1 Å². The highest BCUT2D eigenvalue weighted by Crippen LogP contribution is 2.29. The van der Waals surface area contributed by atoms with E-state index in [1.807, 2.05) is 29.2 Å². The fraction of sp³-hybridized carbons (Fsp3) is 0.636. The molecule has 5 heteroatoms. The van der Waals surface area contributed by atoms with Crippen molar-refractivity contribution in [2.24, 2.45) is 11.8 Å². The van der Waals surface area contributed by atoms with Gasteiger partial charge in [-0.2, -0.15) is 0 Å². The molecule has 0 N–H and O–H groups in total. The second-order valence-corrected chi connectivity index (χ2v) is 8.16. The van der Waals surface area contributed by atoms with E-state index in [2.05, 4.69) is 4.90 Å². The molecule has 27 heavy (non-hydrogen) atoms. The smallest absolute Gasteiger partial charge is 0.229 e. The van der Waals surface area contributed by atoms with Gasteiger partial charge in [-0.15, -0.1) is 0 Å². The van der Waals surface area contributed by atoms with Gasteiger partial charge in [0.1, 0.15) is 12.4 Å². The van der Waals surface area contributed by atoms with Crippen LogP contribution in [0.2, 0.25) is 0 Å². The molecule has 1 aromatic carbocycles. The number of hydrogen-bond donors (Lipinski definition) is 0. The second-order valence-electron chi connectivity index (χ2n) is 8.16. The van der Waals surface area contributed by atoms with Gasteiger partial charge in [0.05, 0.1) is 5.92 Å². The number of piperidine rings is 1. The molecule has 1 unspecified atom stereocenters. The minimum Gasteiger partial charge on any atom is -0.492 e. The molecule has 5 nitrogen and oxygen atoms in total. The number of ether oxygens (including phenoxy) is 1. The number of rotatable bonds is 2. The summed E-state index contributed by atoms with van der Waals surface area (Å²) in [6, 6.07) is 7.97. The summed E-state index contributed by atoms with van der Waals surface area (Å²) in [6.45, 7) is 3.68. The summed E-state index contributed by atoms with van der Waals surface area (Å²) >= 11 is 0. The molecular formula is C22H30N2O3. The highest BCUT2D eigenvalue weighted by Gasteiger charge is 2.34. The van der Waals surface area contributed by atoms with Gasteiger partial charge in [-0.05, 0) is 43.7 Å². The third-order valence-electron chi connectivity index (χ3n) is 6.30. The maximum atomic E-state index is 12.9. The Hall–Kier alpha value is -2.04. The number of benzene rings is 1. The Morgan fingerprint density at radius 1 is 0.815 bits per heavy atom. The summed E-state index contributed by atoms with van der Waals surface area (Å²) in [5.74, 6) is 1.40. The molecule has 2 amide bonds. The summed E-state index contributed by atoms with van der Waals surface area (Å²) in [5.41, 5.74) is 1.12. The van der Waals surface area contributed by atoms with Crippen molar-refractivity contribution in [2.75, 3.05) is 32.8 Å². The molecule has 0 bridgehead atoms. The SMILES string of the molecule is O=C(C1CCN(C(=O)C2COc3ccccc3C2)CC1)N1CCCCCC1. The van der Waals surface area contributed by atoms with Crippen LogP contribution in [0.5, 0.6) is 5.75 Å². The van der Waals surface area contributed by atoms with Gasteiger partial charge in [-0.25, -0.2) is 0 Å². The first-order valence-corrected chi connectivity index (χ1v) is 10.5. The van der Waals surface area contributed by atoms with Crippen molar-refractivity contribution in [3.8, 4) is 5.75 Å². The van der Waals surface area contributed by atoms with Gasteiger partial charge in [0.25, 0.3) is 0 Å². The highest BCUT2D eigenvalue weighted by molar-refractivity contribution is 5.81. The number of para-hydroxylation sites is 1. The van der Waals surface area contributed by atoms with E-state index < -0.39 is 0 Å². The number of carbonyl (C=O) groups is 2. The lowest BCUT2D eigenvalue weighted by atomic mass is 9.92. The van der Waals surface area contributed by atoms with Crippen molar-refractivity contribution in [3.05, 3.63) is 29.8 Å². The Morgan fingerprint density at radius 2 is 1.44 bits per heavy atom. The standard InChI is InChI=1S/C22H30N2O3/c25-21(23-11-5-1-2-6-12-23)17-9-13-24(14-10-17)22(26)19-15-18-7-3-4-8-20(18)27-16-19/h3-4,7-8,17,19H,1-2,5-6,9-16H2. The Balaban J connectivity index is 1.30. The second kappa shape index (κ2) is 8.32. The van der Waals surface area contributed by atoms with Crippen LogP contribution in [-0.4, -0.2) is 54.4 Å². The minimum atomic E-state index is -0.0993. The lowest BCUT2D eigenvalue weighted by Gasteiger charge is -2.36. The largest absolute Gasteiger partial charge is 0.492 e. The fourth-order valence-electron chi connectivity index (χ4n) is 4.64. The maximum absolute atomic E-state index is 12.9. The van der Waals surface area contributed by atoms with Crippen molar-refractivity contribution in [1.82, 2.24) is 9.80 Å². The monoisotopic (exact) mass is 370 g/mol. The first-order valence-electron chi connectivity index (χ1n) is 10.5. The van der Waals surface area contributed by atoms with Crippen LogP contribution in [0.4, 0.5) is 0 Å².